The van der Waals surface area contributed by atoms with Crippen LogP contribution in [-0.2, 0) is 16.8 Å². The van der Waals surface area contributed by atoms with E-state index in [2.05, 4.69) is 16.2 Å². The molecule has 1 spiro atoms. The normalized spacial score (nSPS) is 22.2. The number of carbonyl (C=O) groups excluding carboxylic acids is 1. The van der Waals surface area contributed by atoms with E-state index >= 15 is 0 Å². The zero-order chi connectivity index (χ0) is 20.2. The number of hydrogen-bond acceptors (Lipinski definition) is 6. The smallest absolute Gasteiger partial charge is 0.257 e. The molecule has 0 aliphatic carbocycles. The summed E-state index contributed by atoms with van der Waals surface area (Å²) in [6, 6.07) is 19.5. The first-order valence-corrected chi connectivity index (χ1v) is 9.24. The number of nitriles is 1. The highest BCUT2D eigenvalue weighted by Crippen LogP contribution is 2.55. The number of hydrogen-bond donors (Lipinski definition) is 1. The van der Waals surface area contributed by atoms with Gasteiger partial charge in [-0.1, -0.05) is 53.7 Å². The first kappa shape index (κ1) is 17.2. The van der Waals surface area contributed by atoms with Crippen LogP contribution in [0.1, 0.15) is 22.4 Å². The van der Waals surface area contributed by atoms with E-state index in [0.29, 0.717) is 17.8 Å². The maximum atomic E-state index is 14.1. The Hall–Kier alpha value is -3.92. The van der Waals surface area contributed by atoms with Gasteiger partial charge in [-0.25, -0.2) is 0 Å². The minimum absolute atomic E-state index is 0.0564. The molecule has 2 aromatic carbocycles. The van der Waals surface area contributed by atoms with Gasteiger partial charge < -0.3 is 15.2 Å². The fourth-order valence-electron chi connectivity index (χ4n) is 4.52. The standard InChI is InChI=1S/C22H17N5O2/c1-13-18-20(29-26-13)25-19(24)16(11-23)22(18)15-9-5-6-10-17(15)27(21(22)28)12-14-7-3-2-4-8-14/h2-10,16H,12H2,1H3,(H2,24,25). The first-order valence-electron chi connectivity index (χ1n) is 9.24. The molecule has 1 aromatic heterocycles. The molecule has 1 amide bonds. The van der Waals surface area contributed by atoms with E-state index in [4.69, 9.17) is 10.3 Å². The summed E-state index contributed by atoms with van der Waals surface area (Å²) in [5, 5.41) is 14.0. The molecule has 0 fully saturated rings. The van der Waals surface area contributed by atoms with E-state index < -0.39 is 11.3 Å². The van der Waals surface area contributed by atoms with Crippen molar-refractivity contribution >= 4 is 23.3 Å². The third kappa shape index (κ3) is 2.14. The van der Waals surface area contributed by atoms with Crippen LogP contribution in [0.2, 0.25) is 0 Å². The molecule has 7 nitrogen and oxygen atoms in total. The van der Waals surface area contributed by atoms with Gasteiger partial charge in [-0.3, -0.25) is 4.79 Å². The summed E-state index contributed by atoms with van der Waals surface area (Å²) in [4.78, 5) is 20.0. The lowest BCUT2D eigenvalue weighted by Gasteiger charge is -2.34. The van der Waals surface area contributed by atoms with Crippen molar-refractivity contribution < 1.29 is 9.32 Å². The van der Waals surface area contributed by atoms with Crippen LogP contribution in [0.15, 0.2) is 64.1 Å². The summed E-state index contributed by atoms with van der Waals surface area (Å²) in [6.07, 6.45) is 0. The van der Waals surface area contributed by atoms with E-state index in [1.807, 2.05) is 54.6 Å². The number of anilines is 1. The number of aromatic nitrogens is 1. The fourth-order valence-corrected chi connectivity index (χ4v) is 4.52. The van der Waals surface area contributed by atoms with Crippen LogP contribution >= 0.6 is 0 Å². The largest absolute Gasteiger partial charge is 0.386 e. The second kappa shape index (κ2) is 6.04. The highest BCUT2D eigenvalue weighted by Gasteiger charge is 2.62. The average molecular weight is 383 g/mol. The molecule has 3 heterocycles. The van der Waals surface area contributed by atoms with Gasteiger partial charge in [0, 0.05) is 5.69 Å². The summed E-state index contributed by atoms with van der Waals surface area (Å²) in [7, 11) is 0. The molecule has 2 atom stereocenters. The Bertz CT molecular complexity index is 1210. The van der Waals surface area contributed by atoms with E-state index in [-0.39, 0.29) is 17.6 Å². The van der Waals surface area contributed by atoms with Gasteiger partial charge in [0.2, 0.25) is 5.91 Å². The second-order valence-electron chi connectivity index (χ2n) is 7.25. The maximum absolute atomic E-state index is 14.1. The van der Waals surface area contributed by atoms with Crippen LogP contribution in [0.5, 0.6) is 0 Å². The molecule has 0 bridgehead atoms. The van der Waals surface area contributed by atoms with Gasteiger partial charge in [0.25, 0.3) is 5.88 Å². The molecule has 2 N–H and O–H groups in total. The lowest BCUT2D eigenvalue weighted by atomic mass is 9.65. The molecule has 142 valence electrons. The van der Waals surface area contributed by atoms with Crippen molar-refractivity contribution in [3.05, 3.63) is 77.0 Å². The first-order chi connectivity index (χ1) is 14.1. The van der Waals surface area contributed by atoms with Crippen molar-refractivity contribution in [2.24, 2.45) is 16.6 Å². The Morgan fingerprint density at radius 2 is 1.93 bits per heavy atom. The second-order valence-corrected chi connectivity index (χ2v) is 7.25. The molecule has 2 aliphatic heterocycles. The van der Waals surface area contributed by atoms with Crippen molar-refractivity contribution in [2.45, 2.75) is 18.9 Å². The predicted molar refractivity (Wildman–Crippen MR) is 106 cm³/mol. The third-order valence-electron chi connectivity index (χ3n) is 5.71. The maximum Gasteiger partial charge on any atom is 0.257 e. The number of carbonyl (C=O) groups is 1. The highest BCUT2D eigenvalue weighted by atomic mass is 16.5. The SMILES string of the molecule is Cc1noc2c1C1(C(=O)N(Cc3ccccc3)c3ccccc31)C(C#N)C(N)=N2. The molecule has 0 saturated carbocycles. The average Bonchev–Trinajstić information content (AvgIpc) is 3.21. The van der Waals surface area contributed by atoms with Crippen LogP contribution < -0.4 is 10.6 Å². The van der Waals surface area contributed by atoms with Crippen LogP contribution in [0, 0.1) is 24.2 Å². The molecule has 2 aliphatic rings. The van der Waals surface area contributed by atoms with Crippen molar-refractivity contribution in [3.63, 3.8) is 0 Å². The molecule has 0 saturated heterocycles. The number of fused-ring (bicyclic) bond motifs is 4. The third-order valence-corrected chi connectivity index (χ3v) is 5.71. The van der Waals surface area contributed by atoms with E-state index in [9.17, 15) is 10.1 Å². The van der Waals surface area contributed by atoms with Crippen molar-refractivity contribution in [1.29, 1.82) is 5.26 Å². The Kier molecular flexibility index (Phi) is 3.58. The number of aryl methyl sites for hydroxylation is 1. The Morgan fingerprint density at radius 3 is 2.69 bits per heavy atom. The van der Waals surface area contributed by atoms with Crippen LogP contribution in [0.25, 0.3) is 0 Å². The van der Waals surface area contributed by atoms with Crippen LogP contribution in [0.3, 0.4) is 0 Å². The predicted octanol–water partition coefficient (Wildman–Crippen LogP) is 2.96. The van der Waals surface area contributed by atoms with Crippen molar-refractivity contribution in [2.75, 3.05) is 4.90 Å². The van der Waals surface area contributed by atoms with Gasteiger partial charge in [0.05, 0.1) is 23.9 Å². The highest BCUT2D eigenvalue weighted by molar-refractivity contribution is 6.15. The number of rotatable bonds is 2. The minimum Gasteiger partial charge on any atom is -0.386 e. The van der Waals surface area contributed by atoms with Gasteiger partial charge in [0.15, 0.2) is 0 Å². The summed E-state index contributed by atoms with van der Waals surface area (Å²) in [5.74, 6) is -0.931. The molecular weight excluding hydrogens is 366 g/mol. The molecule has 29 heavy (non-hydrogen) atoms. The molecule has 3 aromatic rings. The molecule has 0 radical (unpaired) electrons. The minimum atomic E-state index is -1.33. The van der Waals surface area contributed by atoms with Crippen molar-refractivity contribution in [3.8, 4) is 6.07 Å². The van der Waals surface area contributed by atoms with E-state index in [1.165, 1.54) is 0 Å². The zero-order valence-corrected chi connectivity index (χ0v) is 15.7. The number of amidine groups is 1. The van der Waals surface area contributed by atoms with E-state index in [1.54, 1.807) is 11.8 Å². The van der Waals surface area contributed by atoms with Crippen molar-refractivity contribution in [1.82, 2.24) is 5.16 Å². The Morgan fingerprint density at radius 1 is 1.21 bits per heavy atom. The molecule has 5 rings (SSSR count). The number of aliphatic imine (C=N–C) groups is 1. The summed E-state index contributed by atoms with van der Waals surface area (Å²) >= 11 is 0. The van der Waals surface area contributed by atoms with Gasteiger partial charge in [0.1, 0.15) is 17.2 Å². The van der Waals surface area contributed by atoms with E-state index in [0.717, 1.165) is 16.8 Å². The van der Waals surface area contributed by atoms with Gasteiger partial charge in [-0.15, -0.1) is 0 Å². The summed E-state index contributed by atoms with van der Waals surface area (Å²) in [6.45, 7) is 2.14. The lowest BCUT2D eigenvalue weighted by molar-refractivity contribution is -0.122. The van der Waals surface area contributed by atoms with Crippen LogP contribution in [-0.4, -0.2) is 16.9 Å². The summed E-state index contributed by atoms with van der Waals surface area (Å²) in [5.41, 5.74) is 8.33. The summed E-state index contributed by atoms with van der Waals surface area (Å²) < 4.78 is 5.36. The molecule has 7 heteroatoms. The Labute approximate surface area is 167 Å². The fraction of sp³-hybridized carbons (Fsp3) is 0.182. The number of nitrogens with two attached hydrogens (primary N) is 1. The molecular formula is C22H17N5O2. The quantitative estimate of drug-likeness (QED) is 0.732. The topological polar surface area (TPSA) is 109 Å². The van der Waals surface area contributed by atoms with Gasteiger partial charge in [-0.05, 0) is 24.1 Å². The lowest BCUT2D eigenvalue weighted by Crippen LogP contribution is -2.52. The number of amides is 1. The van der Waals surface area contributed by atoms with Gasteiger partial charge in [-0.2, -0.15) is 10.3 Å². The van der Waals surface area contributed by atoms with Gasteiger partial charge >= 0.3 is 0 Å². The zero-order valence-electron chi connectivity index (χ0n) is 15.7. The van der Waals surface area contributed by atoms with Crippen LogP contribution in [0.4, 0.5) is 11.6 Å². The monoisotopic (exact) mass is 383 g/mol. The number of para-hydroxylation sites is 1. The number of nitrogens with zero attached hydrogens (tertiary/aromatic N) is 4. The number of benzene rings is 2. The Balaban J connectivity index is 1.79. The molecule has 2 unspecified atom stereocenters.